The van der Waals surface area contributed by atoms with Crippen LogP contribution in [0.4, 0.5) is 0 Å². The third-order valence-electron chi connectivity index (χ3n) is 5.51. The fraction of sp³-hybridized carbons (Fsp3) is 0.632. The van der Waals surface area contributed by atoms with Gasteiger partial charge in [0.2, 0.25) is 0 Å². The normalized spacial score (nSPS) is 22.7. The summed E-state index contributed by atoms with van der Waals surface area (Å²) in [7, 11) is -3.05. The number of nitrogens with one attached hydrogen (secondary N) is 1. The van der Waals surface area contributed by atoms with Gasteiger partial charge in [0, 0.05) is 29.5 Å². The molecule has 1 aromatic rings. The summed E-state index contributed by atoms with van der Waals surface area (Å²) >= 11 is 3.67. The largest absolute Gasteiger partial charge is 0.357 e. The molecule has 1 saturated heterocycles. The molecule has 1 saturated carbocycles. The Morgan fingerprint density at radius 2 is 1.96 bits per heavy atom. The molecular weight excluding hydrogens is 541 g/mol. The predicted octanol–water partition coefficient (Wildman–Crippen LogP) is 3.57. The number of guanidine groups is 1. The first-order valence-electron chi connectivity index (χ1n) is 9.21. The van der Waals surface area contributed by atoms with Gasteiger partial charge in [-0.1, -0.05) is 34.1 Å². The second-order valence-corrected chi connectivity index (χ2v) is 11.5. The molecule has 2 fully saturated rings. The third kappa shape index (κ3) is 4.80. The molecule has 0 atom stereocenters. The summed E-state index contributed by atoms with van der Waals surface area (Å²) in [5.41, 5.74) is 1.43. The van der Waals surface area contributed by atoms with Crippen molar-refractivity contribution in [3.8, 4) is 0 Å². The van der Waals surface area contributed by atoms with Crippen molar-refractivity contribution in [2.75, 3.05) is 31.9 Å². The van der Waals surface area contributed by atoms with Crippen LogP contribution in [0.1, 0.15) is 39.2 Å². The van der Waals surface area contributed by atoms with Crippen LogP contribution in [0.3, 0.4) is 0 Å². The van der Waals surface area contributed by atoms with Crippen LogP contribution < -0.4 is 5.32 Å². The fourth-order valence-electron chi connectivity index (χ4n) is 3.53. The molecule has 0 bridgehead atoms. The number of sulfone groups is 1. The van der Waals surface area contributed by atoms with Crippen molar-refractivity contribution in [1.82, 2.24) is 10.2 Å². The van der Waals surface area contributed by atoms with E-state index in [2.05, 4.69) is 44.3 Å². The minimum atomic E-state index is -3.05. The van der Waals surface area contributed by atoms with Gasteiger partial charge in [0.25, 0.3) is 0 Å². The molecule has 2 aliphatic rings. The van der Waals surface area contributed by atoms with Crippen LogP contribution >= 0.6 is 39.9 Å². The second kappa shape index (κ2) is 8.57. The maximum absolute atomic E-state index is 12.3. The van der Waals surface area contributed by atoms with Crippen LogP contribution in [0.5, 0.6) is 0 Å². The molecule has 1 aromatic carbocycles. The Morgan fingerprint density at radius 1 is 1.30 bits per heavy atom. The van der Waals surface area contributed by atoms with E-state index in [1.807, 2.05) is 26.8 Å². The quantitative estimate of drug-likeness (QED) is 0.342. The first kappa shape index (κ1) is 22.9. The van der Waals surface area contributed by atoms with Gasteiger partial charge in [-0.15, -0.1) is 24.0 Å². The molecular formula is C19H29BrIN3O2S. The van der Waals surface area contributed by atoms with E-state index in [1.54, 1.807) is 0 Å². The summed E-state index contributed by atoms with van der Waals surface area (Å²) in [6, 6.07) is 8.37. The maximum atomic E-state index is 12.3. The molecule has 27 heavy (non-hydrogen) atoms. The minimum Gasteiger partial charge on any atom is -0.357 e. The number of hydrogen-bond donors (Lipinski definition) is 1. The first-order valence-corrected chi connectivity index (χ1v) is 11.7. The van der Waals surface area contributed by atoms with Gasteiger partial charge in [-0.25, -0.2) is 8.42 Å². The lowest BCUT2D eigenvalue weighted by Crippen LogP contribution is -2.57. The first-order chi connectivity index (χ1) is 12.2. The van der Waals surface area contributed by atoms with Crippen molar-refractivity contribution in [2.24, 2.45) is 4.99 Å². The van der Waals surface area contributed by atoms with Gasteiger partial charge in [-0.05, 0) is 45.2 Å². The highest BCUT2D eigenvalue weighted by Gasteiger charge is 2.46. The molecule has 1 heterocycles. The highest BCUT2D eigenvalue weighted by Crippen LogP contribution is 2.50. The fourth-order valence-corrected chi connectivity index (χ4v) is 5.60. The van der Waals surface area contributed by atoms with Crippen molar-refractivity contribution >= 4 is 55.7 Å². The van der Waals surface area contributed by atoms with Gasteiger partial charge in [0.1, 0.15) is 0 Å². The highest BCUT2D eigenvalue weighted by molar-refractivity contribution is 14.0. The number of rotatable bonds is 4. The summed E-state index contributed by atoms with van der Waals surface area (Å²) < 4.78 is 25.0. The van der Waals surface area contributed by atoms with Crippen molar-refractivity contribution in [1.29, 1.82) is 0 Å². The number of halogens is 2. The molecule has 5 nitrogen and oxygen atoms in total. The number of nitrogens with zero attached hydrogens (tertiary/aromatic N) is 2. The Bertz CT molecular complexity index is 807. The molecule has 0 aromatic heterocycles. The lowest BCUT2D eigenvalue weighted by Gasteiger charge is -2.39. The Kier molecular flexibility index (Phi) is 7.28. The molecule has 0 spiro atoms. The van der Waals surface area contributed by atoms with E-state index in [9.17, 15) is 8.42 Å². The van der Waals surface area contributed by atoms with E-state index in [1.165, 1.54) is 5.56 Å². The van der Waals surface area contributed by atoms with E-state index in [0.29, 0.717) is 13.1 Å². The Labute approximate surface area is 188 Å². The summed E-state index contributed by atoms with van der Waals surface area (Å²) in [5, 5.41) is 3.35. The predicted molar refractivity (Wildman–Crippen MR) is 126 cm³/mol. The van der Waals surface area contributed by atoms with Gasteiger partial charge in [0.15, 0.2) is 15.8 Å². The van der Waals surface area contributed by atoms with Gasteiger partial charge >= 0.3 is 0 Å². The highest BCUT2D eigenvalue weighted by atomic mass is 127. The summed E-state index contributed by atoms with van der Waals surface area (Å²) in [6.07, 6.45) is 2.27. The van der Waals surface area contributed by atoms with Crippen LogP contribution in [0.25, 0.3) is 0 Å². The van der Waals surface area contributed by atoms with E-state index < -0.39 is 14.6 Å². The lowest BCUT2D eigenvalue weighted by atomic mass is 9.96. The topological polar surface area (TPSA) is 61.8 Å². The Balaban J connectivity index is 0.00000261. The van der Waals surface area contributed by atoms with Crippen LogP contribution in [0, 0.1) is 0 Å². The standard InChI is InChI=1S/C19H28BrN3O2S.HI/c1-4-21-17(23-11-12-26(24,25)18(2,3)14-23)22-13-19(9-10-19)15-7-5-6-8-16(15)20;/h5-8H,4,9-14H2,1-3H3,(H,21,22);1H. The third-order valence-corrected chi connectivity index (χ3v) is 8.73. The lowest BCUT2D eigenvalue weighted by molar-refractivity contribution is 0.353. The molecule has 0 amide bonds. The summed E-state index contributed by atoms with van der Waals surface area (Å²) in [5.74, 6) is 1.01. The van der Waals surface area contributed by atoms with Gasteiger partial charge in [-0.2, -0.15) is 0 Å². The van der Waals surface area contributed by atoms with Gasteiger partial charge in [0.05, 0.1) is 17.0 Å². The molecule has 8 heteroatoms. The Hall–Kier alpha value is -0.350. The van der Waals surface area contributed by atoms with Crippen molar-refractivity contribution in [3.63, 3.8) is 0 Å². The van der Waals surface area contributed by atoms with Crippen molar-refractivity contribution in [3.05, 3.63) is 34.3 Å². The Morgan fingerprint density at radius 3 is 2.52 bits per heavy atom. The molecule has 152 valence electrons. The molecule has 0 unspecified atom stereocenters. The van der Waals surface area contributed by atoms with E-state index in [-0.39, 0.29) is 35.1 Å². The SMILES string of the molecule is CCNC(=NCC1(c2ccccc2Br)CC1)N1CCS(=O)(=O)C(C)(C)C1.I. The zero-order chi connectivity index (χ0) is 19.0. The second-order valence-electron chi connectivity index (χ2n) is 7.93. The van der Waals surface area contributed by atoms with E-state index in [0.717, 1.165) is 36.4 Å². The smallest absolute Gasteiger partial charge is 0.194 e. The molecule has 1 aliphatic carbocycles. The summed E-state index contributed by atoms with van der Waals surface area (Å²) in [4.78, 5) is 7.02. The summed E-state index contributed by atoms with van der Waals surface area (Å²) in [6.45, 7) is 8.13. The van der Waals surface area contributed by atoms with Crippen molar-refractivity contribution < 1.29 is 8.42 Å². The van der Waals surface area contributed by atoms with Gasteiger partial charge < -0.3 is 10.2 Å². The number of benzene rings is 1. The zero-order valence-corrected chi connectivity index (χ0v) is 20.9. The average molecular weight is 570 g/mol. The molecule has 1 N–H and O–H groups in total. The van der Waals surface area contributed by atoms with Crippen LogP contribution in [-0.4, -0.2) is 56.0 Å². The molecule has 0 radical (unpaired) electrons. The van der Waals surface area contributed by atoms with Crippen LogP contribution in [0.2, 0.25) is 0 Å². The zero-order valence-electron chi connectivity index (χ0n) is 16.2. The van der Waals surface area contributed by atoms with Crippen LogP contribution in [0.15, 0.2) is 33.7 Å². The average Bonchev–Trinajstić information content (AvgIpc) is 3.35. The van der Waals surface area contributed by atoms with E-state index in [4.69, 9.17) is 4.99 Å². The molecule has 1 aliphatic heterocycles. The van der Waals surface area contributed by atoms with E-state index >= 15 is 0 Å². The molecule has 3 rings (SSSR count). The minimum absolute atomic E-state index is 0. The maximum Gasteiger partial charge on any atom is 0.194 e. The van der Waals surface area contributed by atoms with Crippen LogP contribution in [-0.2, 0) is 15.3 Å². The van der Waals surface area contributed by atoms with Crippen molar-refractivity contribution in [2.45, 2.75) is 43.8 Å². The number of aliphatic imine (C=N–C) groups is 1. The number of hydrogen-bond acceptors (Lipinski definition) is 3. The monoisotopic (exact) mass is 569 g/mol. The van der Waals surface area contributed by atoms with Gasteiger partial charge in [-0.3, -0.25) is 4.99 Å².